The van der Waals surface area contributed by atoms with Crippen LogP contribution < -0.4 is 16.2 Å². The predicted molar refractivity (Wildman–Crippen MR) is 80.4 cm³/mol. The van der Waals surface area contributed by atoms with Crippen molar-refractivity contribution in [1.29, 1.82) is 0 Å². The third kappa shape index (κ3) is 2.91. The maximum Gasteiger partial charge on any atom is 0.251 e. The second-order valence-corrected chi connectivity index (χ2v) is 6.04. The van der Waals surface area contributed by atoms with Gasteiger partial charge in [-0.2, -0.15) is 0 Å². The lowest BCUT2D eigenvalue weighted by atomic mass is 9.76. The summed E-state index contributed by atoms with van der Waals surface area (Å²) in [5.41, 5.74) is 0.523. The predicted octanol–water partition coefficient (Wildman–Crippen LogP) is -0.283. The molecule has 7 heteroatoms. The summed E-state index contributed by atoms with van der Waals surface area (Å²) in [5, 5.41) is 6.24. The quantitative estimate of drug-likeness (QED) is 0.711. The highest BCUT2D eigenvalue weighted by Crippen LogP contribution is 2.37. The maximum absolute atomic E-state index is 12.2. The Morgan fingerprint density at radius 2 is 2.18 bits per heavy atom. The molecular formula is C15H22N4O3. The SMILES string of the molecule is CCc1cc(=O)[nH]c(CNC2C(=O)NCC23CCOCC3)n1. The lowest BCUT2D eigenvalue weighted by Crippen LogP contribution is -2.49. The van der Waals surface area contributed by atoms with Crippen LogP contribution in [0.3, 0.4) is 0 Å². The second-order valence-electron chi connectivity index (χ2n) is 6.04. The van der Waals surface area contributed by atoms with E-state index >= 15 is 0 Å². The van der Waals surface area contributed by atoms with Gasteiger partial charge in [0.15, 0.2) is 0 Å². The van der Waals surface area contributed by atoms with E-state index in [0.29, 0.717) is 38.5 Å². The van der Waals surface area contributed by atoms with Gasteiger partial charge in [-0.1, -0.05) is 6.92 Å². The van der Waals surface area contributed by atoms with Crippen molar-refractivity contribution in [1.82, 2.24) is 20.6 Å². The molecule has 1 unspecified atom stereocenters. The highest BCUT2D eigenvalue weighted by atomic mass is 16.5. The number of carbonyl (C=O) groups excluding carboxylic acids is 1. The van der Waals surface area contributed by atoms with Gasteiger partial charge in [0.05, 0.1) is 12.6 Å². The minimum Gasteiger partial charge on any atom is -0.381 e. The number of ether oxygens (including phenoxy) is 1. The van der Waals surface area contributed by atoms with E-state index in [1.54, 1.807) is 0 Å². The summed E-state index contributed by atoms with van der Waals surface area (Å²) in [7, 11) is 0. The van der Waals surface area contributed by atoms with Crippen molar-refractivity contribution in [2.45, 2.75) is 38.8 Å². The normalized spacial score (nSPS) is 23.7. The molecule has 0 bridgehead atoms. The Kier molecular flexibility index (Phi) is 4.26. The van der Waals surface area contributed by atoms with Crippen LogP contribution in [0.4, 0.5) is 0 Å². The van der Waals surface area contributed by atoms with E-state index in [2.05, 4.69) is 20.6 Å². The van der Waals surface area contributed by atoms with E-state index in [-0.39, 0.29) is 22.9 Å². The largest absolute Gasteiger partial charge is 0.381 e. The fourth-order valence-electron chi connectivity index (χ4n) is 3.32. The molecule has 1 aromatic rings. The van der Waals surface area contributed by atoms with Gasteiger partial charge >= 0.3 is 0 Å². The molecule has 3 heterocycles. The lowest BCUT2D eigenvalue weighted by Gasteiger charge is -2.36. The summed E-state index contributed by atoms with van der Waals surface area (Å²) >= 11 is 0. The van der Waals surface area contributed by atoms with Crippen LogP contribution >= 0.6 is 0 Å². The Hall–Kier alpha value is -1.73. The van der Waals surface area contributed by atoms with Crippen LogP contribution in [0, 0.1) is 5.41 Å². The van der Waals surface area contributed by atoms with Crippen molar-refractivity contribution < 1.29 is 9.53 Å². The smallest absolute Gasteiger partial charge is 0.251 e. The van der Waals surface area contributed by atoms with Crippen LogP contribution in [0.15, 0.2) is 10.9 Å². The van der Waals surface area contributed by atoms with Crippen molar-refractivity contribution in [3.8, 4) is 0 Å². The van der Waals surface area contributed by atoms with Gasteiger partial charge in [-0.05, 0) is 19.3 Å². The van der Waals surface area contributed by atoms with E-state index in [1.807, 2.05) is 6.92 Å². The second kappa shape index (κ2) is 6.18. The fourth-order valence-corrected chi connectivity index (χ4v) is 3.32. The van der Waals surface area contributed by atoms with Crippen LogP contribution in [0.1, 0.15) is 31.3 Å². The molecule has 0 saturated carbocycles. The molecule has 22 heavy (non-hydrogen) atoms. The average Bonchev–Trinajstić information content (AvgIpc) is 2.81. The van der Waals surface area contributed by atoms with Crippen molar-refractivity contribution in [2.75, 3.05) is 19.8 Å². The van der Waals surface area contributed by atoms with Gasteiger partial charge in [-0.3, -0.25) is 14.9 Å². The van der Waals surface area contributed by atoms with Gasteiger partial charge in [-0.15, -0.1) is 0 Å². The standard InChI is InChI=1S/C15H22N4O3/c1-2-10-7-12(20)19-11(18-10)8-16-13-14(21)17-9-15(13)3-5-22-6-4-15/h7,13,16H,2-6,8-9H2,1H3,(H,17,21)(H,18,19,20). The van der Waals surface area contributed by atoms with Gasteiger partial charge in [0.1, 0.15) is 5.82 Å². The first-order valence-electron chi connectivity index (χ1n) is 7.81. The summed E-state index contributed by atoms with van der Waals surface area (Å²) in [6.07, 6.45) is 2.44. The van der Waals surface area contributed by atoms with Gasteiger partial charge in [0, 0.05) is 36.9 Å². The molecule has 3 N–H and O–H groups in total. The molecule has 2 aliphatic rings. The third-order valence-corrected chi connectivity index (χ3v) is 4.66. The summed E-state index contributed by atoms with van der Waals surface area (Å²) in [6.45, 7) is 4.40. The third-order valence-electron chi connectivity index (χ3n) is 4.66. The number of hydrogen-bond acceptors (Lipinski definition) is 5. The molecule has 7 nitrogen and oxygen atoms in total. The van der Waals surface area contributed by atoms with E-state index < -0.39 is 0 Å². The van der Waals surface area contributed by atoms with Crippen molar-refractivity contribution in [3.05, 3.63) is 27.9 Å². The molecule has 3 rings (SSSR count). The average molecular weight is 306 g/mol. The van der Waals surface area contributed by atoms with Crippen molar-refractivity contribution in [3.63, 3.8) is 0 Å². The number of rotatable bonds is 4. The van der Waals surface area contributed by atoms with Gasteiger partial charge in [-0.25, -0.2) is 4.98 Å². The first-order chi connectivity index (χ1) is 10.6. The summed E-state index contributed by atoms with van der Waals surface area (Å²) in [4.78, 5) is 30.9. The highest BCUT2D eigenvalue weighted by molar-refractivity contribution is 5.85. The minimum absolute atomic E-state index is 0.0240. The number of hydrogen-bond donors (Lipinski definition) is 3. The van der Waals surface area contributed by atoms with Crippen molar-refractivity contribution >= 4 is 5.91 Å². The summed E-state index contributed by atoms with van der Waals surface area (Å²) in [5.74, 6) is 0.599. The molecule has 2 aliphatic heterocycles. The fraction of sp³-hybridized carbons (Fsp3) is 0.667. The Morgan fingerprint density at radius 3 is 2.91 bits per heavy atom. The molecule has 1 atom stereocenters. The van der Waals surface area contributed by atoms with Crippen molar-refractivity contribution in [2.24, 2.45) is 5.41 Å². The molecule has 1 spiro atoms. The van der Waals surface area contributed by atoms with Crippen LogP contribution in [0.5, 0.6) is 0 Å². The number of nitrogens with one attached hydrogen (secondary N) is 3. The van der Waals surface area contributed by atoms with Gasteiger partial charge < -0.3 is 15.0 Å². The van der Waals surface area contributed by atoms with E-state index in [1.165, 1.54) is 6.07 Å². The van der Waals surface area contributed by atoms with Gasteiger partial charge in [0.2, 0.25) is 5.91 Å². The molecule has 0 aromatic carbocycles. The molecule has 1 aromatic heterocycles. The summed E-state index contributed by atoms with van der Waals surface area (Å²) in [6, 6.07) is 1.25. The number of carbonyl (C=O) groups is 1. The van der Waals surface area contributed by atoms with Crippen LogP contribution in [-0.4, -0.2) is 41.7 Å². The topological polar surface area (TPSA) is 96.1 Å². The molecule has 120 valence electrons. The Labute approximate surface area is 128 Å². The highest BCUT2D eigenvalue weighted by Gasteiger charge is 2.48. The molecule has 1 amide bonds. The van der Waals surface area contributed by atoms with E-state index in [4.69, 9.17) is 4.74 Å². The molecule has 0 radical (unpaired) electrons. The first-order valence-corrected chi connectivity index (χ1v) is 7.81. The zero-order valence-corrected chi connectivity index (χ0v) is 12.8. The molecule has 2 fully saturated rings. The Bertz CT molecular complexity index is 607. The number of aromatic nitrogens is 2. The molecular weight excluding hydrogens is 284 g/mol. The Balaban J connectivity index is 1.73. The zero-order chi connectivity index (χ0) is 15.6. The monoisotopic (exact) mass is 306 g/mol. The number of amides is 1. The van der Waals surface area contributed by atoms with E-state index in [0.717, 1.165) is 18.5 Å². The van der Waals surface area contributed by atoms with Crippen LogP contribution in [-0.2, 0) is 22.5 Å². The number of aryl methyl sites for hydroxylation is 1. The van der Waals surface area contributed by atoms with Gasteiger partial charge in [0.25, 0.3) is 5.56 Å². The molecule has 2 saturated heterocycles. The first kappa shape index (κ1) is 15.2. The number of H-pyrrole nitrogens is 1. The number of aromatic amines is 1. The minimum atomic E-state index is -0.257. The zero-order valence-electron chi connectivity index (χ0n) is 12.8. The lowest BCUT2D eigenvalue weighted by molar-refractivity contribution is -0.122. The number of nitrogens with zero attached hydrogens (tertiary/aromatic N) is 1. The maximum atomic E-state index is 12.2. The van der Waals surface area contributed by atoms with Crippen LogP contribution in [0.2, 0.25) is 0 Å². The van der Waals surface area contributed by atoms with E-state index in [9.17, 15) is 9.59 Å². The van der Waals surface area contributed by atoms with Crippen LogP contribution in [0.25, 0.3) is 0 Å². The Morgan fingerprint density at radius 1 is 1.41 bits per heavy atom. The molecule has 0 aliphatic carbocycles. The summed E-state index contributed by atoms with van der Waals surface area (Å²) < 4.78 is 5.42.